The number of carbonyl (C=O) groups is 1. The van der Waals surface area contributed by atoms with Gasteiger partial charge in [-0.25, -0.2) is 4.79 Å². The summed E-state index contributed by atoms with van der Waals surface area (Å²) in [6.07, 6.45) is 0.820. The number of hydrogen-bond acceptors (Lipinski definition) is 3. The first kappa shape index (κ1) is 18.9. The summed E-state index contributed by atoms with van der Waals surface area (Å²) in [5.74, 6) is -0.218. The average molecular weight is 363 g/mol. The first-order chi connectivity index (χ1) is 13.1. The van der Waals surface area contributed by atoms with Crippen LogP contribution in [0.3, 0.4) is 0 Å². The van der Waals surface area contributed by atoms with Gasteiger partial charge >= 0.3 is 6.03 Å². The Kier molecular flexibility index (Phi) is 5.78. The van der Waals surface area contributed by atoms with E-state index < -0.39 is 12.1 Å². The van der Waals surface area contributed by atoms with Gasteiger partial charge in [0.25, 0.3) is 0 Å². The number of nitrogens with one attached hydrogen (secondary N) is 1. The molecular formula is C22H25N3O2. The molecule has 0 aromatic heterocycles. The van der Waals surface area contributed by atoms with Crippen LogP contribution in [0.25, 0.3) is 11.1 Å². The summed E-state index contributed by atoms with van der Waals surface area (Å²) in [6.45, 7) is 4.40. The molecule has 1 aliphatic rings. The number of aryl methyl sites for hydroxylation is 1. The van der Waals surface area contributed by atoms with Gasteiger partial charge in [0.1, 0.15) is 6.04 Å². The second-order valence-electron chi connectivity index (χ2n) is 6.95. The number of nitriles is 1. The third kappa shape index (κ3) is 3.54. The van der Waals surface area contributed by atoms with Crippen molar-refractivity contribution in [2.75, 3.05) is 13.2 Å². The lowest BCUT2D eigenvalue weighted by Crippen LogP contribution is -2.67. The van der Waals surface area contributed by atoms with Crippen molar-refractivity contribution < 1.29 is 9.90 Å². The lowest BCUT2D eigenvalue weighted by molar-refractivity contribution is 0.0171. The van der Waals surface area contributed by atoms with Gasteiger partial charge < -0.3 is 15.3 Å². The van der Waals surface area contributed by atoms with Gasteiger partial charge in [-0.1, -0.05) is 61.0 Å². The van der Waals surface area contributed by atoms with Crippen molar-refractivity contribution in [1.82, 2.24) is 10.2 Å². The van der Waals surface area contributed by atoms with Crippen molar-refractivity contribution in [1.29, 1.82) is 5.26 Å². The molecule has 27 heavy (non-hydrogen) atoms. The topological polar surface area (TPSA) is 76.4 Å². The molecule has 0 unspecified atom stereocenters. The summed E-state index contributed by atoms with van der Waals surface area (Å²) in [6, 6.07) is 17.1. The summed E-state index contributed by atoms with van der Waals surface area (Å²) < 4.78 is 0. The van der Waals surface area contributed by atoms with Crippen LogP contribution in [0.15, 0.2) is 48.5 Å². The highest BCUT2D eigenvalue weighted by Crippen LogP contribution is 2.44. The number of carbonyl (C=O) groups excluding carboxylic acids is 1. The second-order valence-corrected chi connectivity index (χ2v) is 6.95. The van der Waals surface area contributed by atoms with Crippen LogP contribution >= 0.6 is 0 Å². The van der Waals surface area contributed by atoms with E-state index in [-0.39, 0.29) is 18.6 Å². The van der Waals surface area contributed by atoms with E-state index in [4.69, 9.17) is 0 Å². The number of hydrogen-bond donors (Lipinski definition) is 2. The van der Waals surface area contributed by atoms with Crippen molar-refractivity contribution in [3.8, 4) is 17.2 Å². The minimum Gasteiger partial charge on any atom is -0.394 e. The molecule has 1 heterocycles. The van der Waals surface area contributed by atoms with Gasteiger partial charge in [0, 0.05) is 12.5 Å². The van der Waals surface area contributed by atoms with Crippen molar-refractivity contribution in [3.63, 3.8) is 0 Å². The molecule has 0 radical (unpaired) electrons. The number of urea groups is 1. The maximum absolute atomic E-state index is 12.5. The van der Waals surface area contributed by atoms with Crippen molar-refractivity contribution in [3.05, 3.63) is 59.7 Å². The fourth-order valence-electron chi connectivity index (χ4n) is 3.85. The first-order valence-corrected chi connectivity index (χ1v) is 9.35. The van der Waals surface area contributed by atoms with E-state index in [1.807, 2.05) is 56.3 Å². The van der Waals surface area contributed by atoms with Crippen LogP contribution in [0.2, 0.25) is 0 Å². The Morgan fingerprint density at radius 2 is 2.04 bits per heavy atom. The van der Waals surface area contributed by atoms with Gasteiger partial charge in [-0.2, -0.15) is 5.26 Å². The molecular weight excluding hydrogens is 338 g/mol. The molecule has 1 fully saturated rings. The maximum atomic E-state index is 12.5. The number of benzene rings is 2. The number of nitrogens with zero attached hydrogens (tertiary/aromatic N) is 2. The fourth-order valence-corrected chi connectivity index (χ4v) is 3.85. The van der Waals surface area contributed by atoms with E-state index in [0.29, 0.717) is 6.54 Å². The van der Waals surface area contributed by atoms with E-state index in [0.717, 1.165) is 28.7 Å². The van der Waals surface area contributed by atoms with Crippen molar-refractivity contribution in [2.45, 2.75) is 38.3 Å². The number of likely N-dealkylation sites (tertiary alicyclic amines) is 1. The van der Waals surface area contributed by atoms with Gasteiger partial charge in [-0.05, 0) is 30.0 Å². The summed E-state index contributed by atoms with van der Waals surface area (Å²) >= 11 is 0. The molecule has 1 aliphatic heterocycles. The van der Waals surface area contributed by atoms with Crippen molar-refractivity contribution in [2.24, 2.45) is 0 Å². The molecule has 1 saturated heterocycles. The van der Waals surface area contributed by atoms with Gasteiger partial charge in [-0.15, -0.1) is 0 Å². The SMILES string of the molecule is CCCNC(=O)N1[C@H](CO)[C@@H](c2ccccc2-c2cccc(C)c2)[C@@H]1C#N. The molecule has 5 heteroatoms. The maximum Gasteiger partial charge on any atom is 0.318 e. The number of rotatable bonds is 5. The molecule has 2 aromatic carbocycles. The molecule has 3 atom stereocenters. The van der Waals surface area contributed by atoms with E-state index in [2.05, 4.69) is 17.5 Å². The molecule has 0 bridgehead atoms. The van der Waals surface area contributed by atoms with E-state index in [9.17, 15) is 15.2 Å². The summed E-state index contributed by atoms with van der Waals surface area (Å²) in [5, 5.41) is 22.5. The predicted molar refractivity (Wildman–Crippen MR) is 105 cm³/mol. The highest BCUT2D eigenvalue weighted by molar-refractivity contribution is 5.78. The van der Waals surface area contributed by atoms with E-state index in [1.54, 1.807) is 0 Å². The highest BCUT2D eigenvalue weighted by Gasteiger charge is 2.52. The molecule has 2 aromatic rings. The average Bonchev–Trinajstić information content (AvgIpc) is 2.66. The Morgan fingerprint density at radius 1 is 1.26 bits per heavy atom. The lowest BCUT2D eigenvalue weighted by atomic mass is 9.73. The van der Waals surface area contributed by atoms with E-state index >= 15 is 0 Å². The van der Waals surface area contributed by atoms with Crippen LogP contribution < -0.4 is 5.32 Å². The summed E-state index contributed by atoms with van der Waals surface area (Å²) in [7, 11) is 0. The first-order valence-electron chi connectivity index (χ1n) is 9.35. The normalized spacial score (nSPS) is 21.3. The largest absolute Gasteiger partial charge is 0.394 e. The van der Waals surface area contributed by atoms with Crippen LogP contribution in [-0.4, -0.2) is 41.3 Å². The zero-order valence-electron chi connectivity index (χ0n) is 15.7. The van der Waals surface area contributed by atoms with E-state index in [1.165, 1.54) is 4.90 Å². The zero-order valence-corrected chi connectivity index (χ0v) is 15.7. The second kappa shape index (κ2) is 8.24. The number of amides is 2. The Balaban J connectivity index is 1.97. The van der Waals surface area contributed by atoms with Crippen LogP contribution in [0, 0.1) is 18.3 Å². The smallest absolute Gasteiger partial charge is 0.318 e. The third-order valence-corrected chi connectivity index (χ3v) is 5.14. The van der Waals surface area contributed by atoms with Gasteiger partial charge in [0.05, 0.1) is 18.7 Å². The fraction of sp³-hybridized carbons (Fsp3) is 0.364. The quantitative estimate of drug-likeness (QED) is 0.854. The van der Waals surface area contributed by atoms with Crippen LogP contribution in [0.4, 0.5) is 4.79 Å². The Labute approximate surface area is 160 Å². The van der Waals surface area contributed by atoms with Gasteiger partial charge in [0.2, 0.25) is 0 Å². The summed E-state index contributed by atoms with van der Waals surface area (Å²) in [4.78, 5) is 13.9. The minimum atomic E-state index is -0.593. The van der Waals surface area contributed by atoms with Crippen LogP contribution in [0.1, 0.15) is 30.4 Å². The van der Waals surface area contributed by atoms with Crippen LogP contribution in [-0.2, 0) is 0 Å². The summed E-state index contributed by atoms with van der Waals surface area (Å²) in [5.41, 5.74) is 4.27. The molecule has 2 N–H and O–H groups in total. The molecule has 0 saturated carbocycles. The molecule has 0 spiro atoms. The third-order valence-electron chi connectivity index (χ3n) is 5.14. The van der Waals surface area contributed by atoms with Crippen molar-refractivity contribution >= 4 is 6.03 Å². The Bertz CT molecular complexity index is 859. The monoisotopic (exact) mass is 363 g/mol. The Hall–Kier alpha value is -2.84. The zero-order chi connectivity index (χ0) is 19.4. The highest BCUT2D eigenvalue weighted by atomic mass is 16.3. The molecule has 0 aliphatic carbocycles. The molecule has 5 nitrogen and oxygen atoms in total. The minimum absolute atomic E-state index is 0.176. The predicted octanol–water partition coefficient (Wildman–Crippen LogP) is 3.43. The number of aliphatic hydroxyl groups is 1. The van der Waals surface area contributed by atoms with Crippen LogP contribution in [0.5, 0.6) is 0 Å². The van der Waals surface area contributed by atoms with Gasteiger partial charge in [-0.3, -0.25) is 0 Å². The molecule has 2 amide bonds. The van der Waals surface area contributed by atoms with Gasteiger partial charge in [0.15, 0.2) is 0 Å². The molecule has 3 rings (SSSR count). The molecule has 140 valence electrons. The Morgan fingerprint density at radius 3 is 2.70 bits per heavy atom. The number of aliphatic hydroxyl groups excluding tert-OH is 1. The standard InChI is InChI=1S/C22H25N3O2/c1-3-11-24-22(27)25-19(13-23)21(20(25)14-26)18-10-5-4-9-17(18)16-8-6-7-15(2)12-16/h4-10,12,19-21,26H,3,11,14H2,1-2H3,(H,24,27)/t19-,20+,21-/m0/s1. The lowest BCUT2D eigenvalue weighted by Gasteiger charge is -2.51.